The summed E-state index contributed by atoms with van der Waals surface area (Å²) < 4.78 is 5.47. The molecule has 0 saturated heterocycles. The minimum absolute atomic E-state index is 0.0772. The van der Waals surface area contributed by atoms with Crippen molar-refractivity contribution in [3.63, 3.8) is 0 Å². The van der Waals surface area contributed by atoms with Crippen LogP contribution in [0.25, 0.3) is 11.0 Å². The molecule has 1 heterocycles. The zero-order valence-corrected chi connectivity index (χ0v) is 10.3. The predicted octanol–water partition coefficient (Wildman–Crippen LogP) is 3.40. The molecule has 4 heteroatoms. The third-order valence-corrected chi connectivity index (χ3v) is 3.04. The molecule has 0 radical (unpaired) electrons. The van der Waals surface area contributed by atoms with Crippen LogP contribution in [0.3, 0.4) is 0 Å². The molecule has 0 fully saturated rings. The standard InChI is InChI=1S/C13H14ClNO2/c1-2-9(15)7-11(16)12-6-8-4-3-5-10(14)13(8)17-12/h3-6,9H,2,7,15H2,1H3. The van der Waals surface area contributed by atoms with E-state index in [1.807, 2.05) is 19.1 Å². The maximum absolute atomic E-state index is 11.9. The fraction of sp³-hybridized carbons (Fsp3) is 0.308. The third kappa shape index (κ3) is 2.51. The molecule has 2 rings (SSSR count). The Morgan fingerprint density at radius 3 is 2.94 bits per heavy atom. The van der Waals surface area contributed by atoms with Crippen molar-refractivity contribution >= 4 is 28.4 Å². The Bertz CT molecular complexity index is 547. The topological polar surface area (TPSA) is 56.2 Å². The van der Waals surface area contributed by atoms with Gasteiger partial charge >= 0.3 is 0 Å². The van der Waals surface area contributed by atoms with Crippen LogP contribution in [-0.4, -0.2) is 11.8 Å². The number of carbonyl (C=O) groups excluding carboxylic acids is 1. The number of ketones is 1. The number of fused-ring (bicyclic) bond motifs is 1. The second-order valence-corrected chi connectivity index (χ2v) is 4.47. The first-order chi connectivity index (χ1) is 8.11. The van der Waals surface area contributed by atoms with Crippen molar-refractivity contribution in [1.82, 2.24) is 0 Å². The molecule has 1 atom stereocenters. The minimum atomic E-state index is -0.119. The summed E-state index contributed by atoms with van der Waals surface area (Å²) in [6.45, 7) is 1.95. The lowest BCUT2D eigenvalue weighted by atomic mass is 10.1. The van der Waals surface area contributed by atoms with Crippen LogP contribution in [0.1, 0.15) is 30.3 Å². The SMILES string of the molecule is CCC(N)CC(=O)c1cc2cccc(Cl)c2o1. The van der Waals surface area contributed by atoms with Crippen LogP contribution in [0.2, 0.25) is 5.02 Å². The summed E-state index contributed by atoms with van der Waals surface area (Å²) >= 11 is 5.98. The smallest absolute Gasteiger partial charge is 0.199 e. The van der Waals surface area contributed by atoms with Crippen LogP contribution in [0, 0.1) is 0 Å². The van der Waals surface area contributed by atoms with Crippen molar-refractivity contribution in [2.45, 2.75) is 25.8 Å². The number of Topliss-reactive ketones (excluding diaryl/α,β-unsaturated/α-hetero) is 1. The lowest BCUT2D eigenvalue weighted by Crippen LogP contribution is -2.22. The number of rotatable bonds is 4. The van der Waals surface area contributed by atoms with E-state index >= 15 is 0 Å². The highest BCUT2D eigenvalue weighted by molar-refractivity contribution is 6.34. The quantitative estimate of drug-likeness (QED) is 0.848. The Morgan fingerprint density at radius 2 is 2.29 bits per heavy atom. The van der Waals surface area contributed by atoms with E-state index in [-0.39, 0.29) is 11.8 Å². The normalized spacial score (nSPS) is 12.9. The van der Waals surface area contributed by atoms with Crippen molar-refractivity contribution in [1.29, 1.82) is 0 Å². The van der Waals surface area contributed by atoms with Gasteiger partial charge in [0.1, 0.15) is 0 Å². The van der Waals surface area contributed by atoms with E-state index in [4.69, 9.17) is 21.8 Å². The Morgan fingerprint density at radius 1 is 1.53 bits per heavy atom. The molecule has 90 valence electrons. The van der Waals surface area contributed by atoms with Gasteiger partial charge in [-0.25, -0.2) is 0 Å². The van der Waals surface area contributed by atoms with Gasteiger partial charge in [-0.3, -0.25) is 4.79 Å². The highest BCUT2D eigenvalue weighted by Gasteiger charge is 2.16. The zero-order chi connectivity index (χ0) is 12.4. The van der Waals surface area contributed by atoms with Gasteiger partial charge in [0.05, 0.1) is 5.02 Å². The average molecular weight is 252 g/mol. The van der Waals surface area contributed by atoms with Gasteiger partial charge in [0.2, 0.25) is 0 Å². The number of benzene rings is 1. The van der Waals surface area contributed by atoms with E-state index in [0.717, 1.165) is 11.8 Å². The summed E-state index contributed by atoms with van der Waals surface area (Å²) in [6.07, 6.45) is 1.07. The van der Waals surface area contributed by atoms with Crippen LogP contribution < -0.4 is 5.73 Å². The van der Waals surface area contributed by atoms with Gasteiger partial charge in [-0.1, -0.05) is 30.7 Å². The minimum Gasteiger partial charge on any atom is -0.451 e. The molecule has 2 aromatic rings. The molecular weight excluding hydrogens is 238 g/mol. The molecule has 0 bridgehead atoms. The number of nitrogens with two attached hydrogens (primary N) is 1. The van der Waals surface area contributed by atoms with Crippen LogP contribution in [-0.2, 0) is 0 Å². The van der Waals surface area contributed by atoms with E-state index in [9.17, 15) is 4.79 Å². The van der Waals surface area contributed by atoms with Crippen molar-refractivity contribution in [2.24, 2.45) is 5.73 Å². The number of para-hydroxylation sites is 1. The van der Waals surface area contributed by atoms with Crippen molar-refractivity contribution in [3.05, 3.63) is 35.0 Å². The first kappa shape index (κ1) is 12.1. The number of carbonyl (C=O) groups is 1. The van der Waals surface area contributed by atoms with Crippen LogP contribution in [0.5, 0.6) is 0 Å². The van der Waals surface area contributed by atoms with Gasteiger partial charge in [-0.2, -0.15) is 0 Å². The summed E-state index contributed by atoms with van der Waals surface area (Å²) in [5.41, 5.74) is 6.30. The molecule has 0 amide bonds. The fourth-order valence-electron chi connectivity index (χ4n) is 1.65. The fourth-order valence-corrected chi connectivity index (χ4v) is 1.87. The lowest BCUT2D eigenvalue weighted by molar-refractivity contribution is 0.0949. The number of hydrogen-bond acceptors (Lipinski definition) is 3. The lowest BCUT2D eigenvalue weighted by Gasteiger charge is -2.04. The largest absolute Gasteiger partial charge is 0.451 e. The summed E-state index contributed by atoms with van der Waals surface area (Å²) in [7, 11) is 0. The molecule has 0 aliphatic rings. The first-order valence-corrected chi connectivity index (χ1v) is 5.96. The molecule has 0 spiro atoms. The summed E-state index contributed by atoms with van der Waals surface area (Å²) in [6, 6.07) is 7.02. The highest BCUT2D eigenvalue weighted by atomic mass is 35.5. The van der Waals surface area contributed by atoms with Gasteiger partial charge in [-0.05, 0) is 18.6 Å². The number of halogens is 1. The van der Waals surface area contributed by atoms with Gasteiger partial charge in [-0.15, -0.1) is 0 Å². The summed E-state index contributed by atoms with van der Waals surface area (Å²) in [4.78, 5) is 11.9. The van der Waals surface area contributed by atoms with E-state index in [2.05, 4.69) is 0 Å². The van der Waals surface area contributed by atoms with E-state index in [1.54, 1.807) is 12.1 Å². The summed E-state index contributed by atoms with van der Waals surface area (Å²) in [5, 5.41) is 1.35. The van der Waals surface area contributed by atoms with Crippen LogP contribution in [0.15, 0.2) is 28.7 Å². The van der Waals surface area contributed by atoms with Gasteiger partial charge < -0.3 is 10.2 Å². The second kappa shape index (κ2) is 4.90. The zero-order valence-electron chi connectivity index (χ0n) is 9.57. The molecule has 0 saturated carbocycles. The van der Waals surface area contributed by atoms with Gasteiger partial charge in [0.15, 0.2) is 17.1 Å². The Hall–Kier alpha value is -1.32. The third-order valence-electron chi connectivity index (χ3n) is 2.74. The Labute approximate surface area is 105 Å². The van der Waals surface area contributed by atoms with Crippen LogP contribution >= 0.6 is 11.6 Å². The molecule has 1 unspecified atom stereocenters. The molecule has 0 aliphatic heterocycles. The molecular formula is C13H14ClNO2. The van der Waals surface area contributed by atoms with Gasteiger partial charge in [0, 0.05) is 17.8 Å². The molecule has 2 N–H and O–H groups in total. The first-order valence-electron chi connectivity index (χ1n) is 5.58. The van der Waals surface area contributed by atoms with Gasteiger partial charge in [0.25, 0.3) is 0 Å². The van der Waals surface area contributed by atoms with E-state index < -0.39 is 0 Å². The Kier molecular flexibility index (Phi) is 3.50. The molecule has 3 nitrogen and oxygen atoms in total. The maximum atomic E-state index is 11.9. The second-order valence-electron chi connectivity index (χ2n) is 4.06. The average Bonchev–Trinajstić information content (AvgIpc) is 2.74. The maximum Gasteiger partial charge on any atom is 0.199 e. The predicted molar refractivity (Wildman–Crippen MR) is 68.4 cm³/mol. The van der Waals surface area contributed by atoms with Crippen molar-refractivity contribution in [2.75, 3.05) is 0 Å². The number of furan rings is 1. The van der Waals surface area contributed by atoms with Crippen LogP contribution in [0.4, 0.5) is 0 Å². The molecule has 17 heavy (non-hydrogen) atoms. The molecule has 1 aromatic carbocycles. The van der Waals surface area contributed by atoms with Crippen molar-refractivity contribution in [3.8, 4) is 0 Å². The molecule has 1 aromatic heterocycles. The van der Waals surface area contributed by atoms with E-state index in [0.29, 0.717) is 22.8 Å². The van der Waals surface area contributed by atoms with Crippen molar-refractivity contribution < 1.29 is 9.21 Å². The monoisotopic (exact) mass is 251 g/mol. The molecule has 0 aliphatic carbocycles. The summed E-state index contributed by atoms with van der Waals surface area (Å²) in [5.74, 6) is 0.253. The number of hydrogen-bond donors (Lipinski definition) is 1. The van der Waals surface area contributed by atoms with E-state index in [1.165, 1.54) is 0 Å². The Balaban J connectivity index is 2.30. The highest BCUT2D eigenvalue weighted by Crippen LogP contribution is 2.27.